The van der Waals surface area contributed by atoms with Gasteiger partial charge in [0.2, 0.25) is 0 Å². The van der Waals surface area contributed by atoms with Gasteiger partial charge in [-0.3, -0.25) is 9.69 Å². The van der Waals surface area contributed by atoms with E-state index in [0.29, 0.717) is 6.42 Å². The minimum absolute atomic E-state index is 0.0521. The standard InChI is InChI=1S/C15H21NO4S/c1-11-3-5-13(6-4-11)12(2)16(9-15(17)18)14-7-8-21(19,20)10-14/h3-6,12,14H,7-10H2,1-2H3,(H,17,18). The first kappa shape index (κ1) is 16.0. The maximum absolute atomic E-state index is 11.7. The highest BCUT2D eigenvalue weighted by atomic mass is 32.2. The van der Waals surface area contributed by atoms with E-state index in [9.17, 15) is 13.2 Å². The van der Waals surface area contributed by atoms with E-state index in [0.717, 1.165) is 11.1 Å². The highest BCUT2D eigenvalue weighted by Gasteiger charge is 2.35. The van der Waals surface area contributed by atoms with E-state index in [1.165, 1.54) is 0 Å². The van der Waals surface area contributed by atoms with E-state index in [1.54, 1.807) is 4.90 Å². The summed E-state index contributed by atoms with van der Waals surface area (Å²) in [5.41, 5.74) is 2.14. The Bertz CT molecular complexity index is 609. The van der Waals surface area contributed by atoms with E-state index >= 15 is 0 Å². The third-order valence-electron chi connectivity index (χ3n) is 4.05. The van der Waals surface area contributed by atoms with Crippen LogP contribution in [-0.2, 0) is 14.6 Å². The summed E-state index contributed by atoms with van der Waals surface area (Å²) in [4.78, 5) is 12.9. The maximum Gasteiger partial charge on any atom is 0.317 e. The first-order valence-electron chi connectivity index (χ1n) is 7.03. The summed E-state index contributed by atoms with van der Waals surface area (Å²) in [6.45, 7) is 3.78. The topological polar surface area (TPSA) is 74.7 Å². The van der Waals surface area contributed by atoms with Crippen LogP contribution in [-0.4, -0.2) is 48.5 Å². The highest BCUT2D eigenvalue weighted by molar-refractivity contribution is 7.91. The minimum atomic E-state index is -3.03. The molecule has 2 rings (SSSR count). The third kappa shape index (κ3) is 4.04. The Labute approximate surface area is 125 Å². The van der Waals surface area contributed by atoms with Gasteiger partial charge >= 0.3 is 5.97 Å². The molecule has 1 aromatic carbocycles. The van der Waals surface area contributed by atoms with Crippen molar-refractivity contribution >= 4 is 15.8 Å². The number of aryl methyl sites for hydroxylation is 1. The molecular formula is C15H21NO4S. The van der Waals surface area contributed by atoms with Crippen molar-refractivity contribution in [1.29, 1.82) is 0 Å². The van der Waals surface area contributed by atoms with Crippen LogP contribution in [0.5, 0.6) is 0 Å². The fraction of sp³-hybridized carbons (Fsp3) is 0.533. The van der Waals surface area contributed by atoms with Crippen molar-refractivity contribution in [2.24, 2.45) is 0 Å². The molecule has 0 amide bonds. The first-order chi connectivity index (χ1) is 9.78. The number of aliphatic carboxylic acids is 1. The van der Waals surface area contributed by atoms with Gasteiger partial charge in [0.05, 0.1) is 18.1 Å². The number of rotatable bonds is 5. The molecule has 1 aromatic rings. The summed E-state index contributed by atoms with van der Waals surface area (Å²) in [6.07, 6.45) is 0.506. The van der Waals surface area contributed by atoms with E-state index < -0.39 is 15.8 Å². The molecule has 5 nitrogen and oxygen atoms in total. The van der Waals surface area contributed by atoms with E-state index in [4.69, 9.17) is 5.11 Å². The van der Waals surface area contributed by atoms with Crippen molar-refractivity contribution in [3.63, 3.8) is 0 Å². The lowest BCUT2D eigenvalue weighted by atomic mass is 10.0. The average molecular weight is 311 g/mol. The fourth-order valence-electron chi connectivity index (χ4n) is 2.81. The molecule has 0 saturated carbocycles. The normalized spacial score (nSPS) is 22.3. The van der Waals surface area contributed by atoms with Gasteiger partial charge in [-0.1, -0.05) is 29.8 Å². The van der Waals surface area contributed by atoms with Gasteiger partial charge in [0.15, 0.2) is 9.84 Å². The number of benzene rings is 1. The Balaban J connectivity index is 2.23. The quantitative estimate of drug-likeness (QED) is 0.894. The van der Waals surface area contributed by atoms with Gasteiger partial charge in [-0.05, 0) is 25.8 Å². The Hall–Kier alpha value is -1.40. The van der Waals surface area contributed by atoms with Crippen LogP contribution in [0.3, 0.4) is 0 Å². The second kappa shape index (κ2) is 6.15. The summed E-state index contributed by atoms with van der Waals surface area (Å²) in [6, 6.07) is 7.56. The lowest BCUT2D eigenvalue weighted by molar-refractivity contribution is -0.139. The highest BCUT2D eigenvalue weighted by Crippen LogP contribution is 2.27. The van der Waals surface area contributed by atoms with Crippen LogP contribution < -0.4 is 0 Å². The molecule has 0 bridgehead atoms. The van der Waals surface area contributed by atoms with Gasteiger partial charge in [-0.15, -0.1) is 0 Å². The zero-order valence-electron chi connectivity index (χ0n) is 12.3. The summed E-state index contributed by atoms with van der Waals surface area (Å²) in [5, 5.41) is 9.12. The first-order valence-corrected chi connectivity index (χ1v) is 8.85. The molecule has 1 fully saturated rings. The van der Waals surface area contributed by atoms with Gasteiger partial charge in [0.1, 0.15) is 0 Å². The van der Waals surface area contributed by atoms with Crippen LogP contribution in [0.25, 0.3) is 0 Å². The largest absolute Gasteiger partial charge is 0.480 e. The second-order valence-corrected chi connectivity index (χ2v) is 7.94. The Morgan fingerprint density at radius 1 is 1.38 bits per heavy atom. The van der Waals surface area contributed by atoms with Gasteiger partial charge in [0.25, 0.3) is 0 Å². The molecular weight excluding hydrogens is 290 g/mol. The number of nitrogens with zero attached hydrogens (tertiary/aromatic N) is 1. The summed E-state index contributed by atoms with van der Waals surface area (Å²) < 4.78 is 23.3. The van der Waals surface area contributed by atoms with Crippen molar-refractivity contribution in [3.05, 3.63) is 35.4 Å². The molecule has 0 aliphatic carbocycles. The Morgan fingerprint density at radius 2 is 2.00 bits per heavy atom. The fourth-order valence-corrected chi connectivity index (χ4v) is 4.55. The average Bonchev–Trinajstić information content (AvgIpc) is 2.76. The number of hydrogen-bond donors (Lipinski definition) is 1. The van der Waals surface area contributed by atoms with E-state index in [-0.39, 0.29) is 30.1 Å². The van der Waals surface area contributed by atoms with Crippen LogP contribution in [0.2, 0.25) is 0 Å². The molecule has 0 radical (unpaired) electrons. The van der Waals surface area contributed by atoms with Crippen LogP contribution in [0.15, 0.2) is 24.3 Å². The molecule has 1 heterocycles. The molecule has 1 aliphatic heterocycles. The molecule has 2 unspecified atom stereocenters. The number of carbonyl (C=O) groups is 1. The number of hydrogen-bond acceptors (Lipinski definition) is 4. The Kier molecular flexibility index (Phi) is 4.68. The number of carboxylic acid groups (broad SMARTS) is 1. The smallest absolute Gasteiger partial charge is 0.317 e. The molecule has 0 aromatic heterocycles. The summed E-state index contributed by atoms with van der Waals surface area (Å²) >= 11 is 0. The van der Waals surface area contributed by atoms with Gasteiger partial charge in [-0.2, -0.15) is 0 Å². The van der Waals surface area contributed by atoms with Crippen molar-refractivity contribution < 1.29 is 18.3 Å². The summed E-state index contributed by atoms with van der Waals surface area (Å²) in [5.74, 6) is -0.733. The van der Waals surface area contributed by atoms with Crippen LogP contribution >= 0.6 is 0 Å². The SMILES string of the molecule is Cc1ccc(C(C)N(CC(=O)O)C2CCS(=O)(=O)C2)cc1. The van der Waals surface area contributed by atoms with E-state index in [2.05, 4.69) is 0 Å². The summed E-state index contributed by atoms with van der Waals surface area (Å²) in [7, 11) is -3.03. The van der Waals surface area contributed by atoms with Gasteiger partial charge in [-0.25, -0.2) is 8.42 Å². The molecule has 2 atom stereocenters. The lowest BCUT2D eigenvalue weighted by Gasteiger charge is -2.32. The second-order valence-electron chi connectivity index (χ2n) is 5.71. The molecule has 1 saturated heterocycles. The molecule has 1 N–H and O–H groups in total. The third-order valence-corrected chi connectivity index (χ3v) is 5.80. The molecule has 1 aliphatic rings. The van der Waals surface area contributed by atoms with Crippen LogP contribution in [0.1, 0.15) is 30.5 Å². The zero-order valence-corrected chi connectivity index (χ0v) is 13.1. The van der Waals surface area contributed by atoms with Crippen molar-refractivity contribution in [3.8, 4) is 0 Å². The molecule has 0 spiro atoms. The van der Waals surface area contributed by atoms with Crippen molar-refractivity contribution in [2.75, 3.05) is 18.1 Å². The van der Waals surface area contributed by atoms with Crippen LogP contribution in [0, 0.1) is 6.92 Å². The molecule has 116 valence electrons. The predicted molar refractivity (Wildman–Crippen MR) is 81.0 cm³/mol. The Morgan fingerprint density at radius 3 is 2.48 bits per heavy atom. The minimum Gasteiger partial charge on any atom is -0.480 e. The lowest BCUT2D eigenvalue weighted by Crippen LogP contribution is -2.41. The molecule has 6 heteroatoms. The van der Waals surface area contributed by atoms with Gasteiger partial charge in [0, 0.05) is 12.1 Å². The predicted octanol–water partition coefficient (Wildman–Crippen LogP) is 1.63. The van der Waals surface area contributed by atoms with Crippen molar-refractivity contribution in [2.45, 2.75) is 32.4 Å². The molecule has 21 heavy (non-hydrogen) atoms. The van der Waals surface area contributed by atoms with E-state index in [1.807, 2.05) is 38.1 Å². The van der Waals surface area contributed by atoms with Gasteiger partial charge < -0.3 is 5.11 Å². The van der Waals surface area contributed by atoms with Crippen molar-refractivity contribution in [1.82, 2.24) is 4.90 Å². The maximum atomic E-state index is 11.7. The monoisotopic (exact) mass is 311 g/mol. The number of sulfone groups is 1. The zero-order chi connectivity index (χ0) is 15.6. The number of carboxylic acids is 1. The van der Waals surface area contributed by atoms with Crippen LogP contribution in [0.4, 0.5) is 0 Å².